The largest absolute Gasteiger partial charge is 0.496 e. The second-order valence-corrected chi connectivity index (χ2v) is 4.01. The molecule has 1 nitrogen and oxygen atoms in total. The van der Waals surface area contributed by atoms with Crippen LogP contribution >= 0.6 is 27.5 Å². The summed E-state index contributed by atoms with van der Waals surface area (Å²) in [5.74, 6) is 0.259. The number of halogens is 3. The molecule has 14 heavy (non-hydrogen) atoms. The van der Waals surface area contributed by atoms with Crippen LogP contribution in [0.15, 0.2) is 12.1 Å². The van der Waals surface area contributed by atoms with Gasteiger partial charge in [-0.3, -0.25) is 0 Å². The summed E-state index contributed by atoms with van der Waals surface area (Å²) < 4.78 is 18.2. The number of rotatable bonds is 4. The highest BCUT2D eigenvalue weighted by Gasteiger charge is 2.11. The van der Waals surface area contributed by atoms with Gasteiger partial charge in [-0.25, -0.2) is 4.39 Å². The van der Waals surface area contributed by atoms with Crippen LogP contribution in [0.25, 0.3) is 0 Å². The van der Waals surface area contributed by atoms with E-state index in [1.807, 2.05) is 0 Å². The van der Waals surface area contributed by atoms with Gasteiger partial charge in [-0.15, -0.1) is 0 Å². The highest BCUT2D eigenvalue weighted by atomic mass is 79.9. The molecule has 0 aliphatic carbocycles. The van der Waals surface area contributed by atoms with Gasteiger partial charge in [-0.05, 0) is 25.0 Å². The second-order valence-electron chi connectivity index (χ2n) is 2.83. The summed E-state index contributed by atoms with van der Waals surface area (Å²) in [4.78, 5) is 0. The van der Waals surface area contributed by atoms with Gasteiger partial charge < -0.3 is 4.74 Å². The molecule has 0 fully saturated rings. The van der Waals surface area contributed by atoms with Crippen LogP contribution in [-0.4, -0.2) is 12.4 Å². The summed E-state index contributed by atoms with van der Waals surface area (Å²) in [5, 5.41) is 1.04. The number of alkyl halides is 1. The minimum Gasteiger partial charge on any atom is -0.496 e. The number of ether oxygens (including phenoxy) is 1. The van der Waals surface area contributed by atoms with Crippen LogP contribution in [0.2, 0.25) is 5.02 Å². The summed E-state index contributed by atoms with van der Waals surface area (Å²) in [6.45, 7) is 0. The first kappa shape index (κ1) is 11.8. The van der Waals surface area contributed by atoms with E-state index < -0.39 is 5.82 Å². The van der Waals surface area contributed by atoms with Crippen LogP contribution in [-0.2, 0) is 6.42 Å². The minimum absolute atomic E-state index is 0.172. The summed E-state index contributed by atoms with van der Waals surface area (Å²) in [6.07, 6.45) is 1.62. The molecule has 0 aliphatic rings. The van der Waals surface area contributed by atoms with Crippen molar-refractivity contribution in [3.63, 3.8) is 0 Å². The molecule has 1 aromatic rings. The Hall–Kier alpha value is -0.280. The topological polar surface area (TPSA) is 9.23 Å². The fourth-order valence-electron chi connectivity index (χ4n) is 1.24. The van der Waals surface area contributed by atoms with Crippen LogP contribution in [0.3, 0.4) is 0 Å². The molecule has 0 unspecified atom stereocenters. The van der Waals surface area contributed by atoms with Gasteiger partial charge in [0.1, 0.15) is 11.6 Å². The number of hydrogen-bond acceptors (Lipinski definition) is 1. The van der Waals surface area contributed by atoms with E-state index in [9.17, 15) is 4.39 Å². The Kier molecular flexibility index (Phi) is 4.69. The van der Waals surface area contributed by atoms with E-state index in [0.717, 1.165) is 17.3 Å². The van der Waals surface area contributed by atoms with Crippen molar-refractivity contribution in [2.45, 2.75) is 12.8 Å². The molecule has 1 rings (SSSR count). The molecule has 0 saturated heterocycles. The number of benzene rings is 1. The maximum atomic E-state index is 13.1. The number of methoxy groups -OCH3 is 1. The molecular weight excluding hydrogens is 270 g/mol. The zero-order valence-electron chi connectivity index (χ0n) is 7.82. The summed E-state index contributed by atoms with van der Waals surface area (Å²) in [6, 6.07) is 2.92. The molecule has 0 saturated carbocycles. The summed E-state index contributed by atoms with van der Waals surface area (Å²) in [5.41, 5.74) is 0.744. The molecule has 1 aromatic carbocycles. The zero-order chi connectivity index (χ0) is 10.6. The molecule has 0 aliphatic heterocycles. The smallest absolute Gasteiger partial charge is 0.142 e. The Bertz CT molecular complexity index is 317. The van der Waals surface area contributed by atoms with Crippen molar-refractivity contribution in [3.05, 3.63) is 28.5 Å². The Balaban J connectivity index is 3.01. The predicted molar refractivity (Wildman–Crippen MR) is 60.1 cm³/mol. The third kappa shape index (κ3) is 2.61. The highest BCUT2D eigenvalue weighted by molar-refractivity contribution is 9.09. The van der Waals surface area contributed by atoms with Crippen LogP contribution < -0.4 is 4.74 Å². The first-order chi connectivity index (χ1) is 6.70. The minimum atomic E-state index is -0.392. The molecule has 0 amide bonds. The summed E-state index contributed by atoms with van der Waals surface area (Å²) in [7, 11) is 1.56. The normalized spacial score (nSPS) is 10.3. The monoisotopic (exact) mass is 280 g/mol. The average Bonchev–Trinajstić information content (AvgIpc) is 2.20. The van der Waals surface area contributed by atoms with Gasteiger partial charge in [0, 0.05) is 10.9 Å². The molecule has 0 aromatic heterocycles. The van der Waals surface area contributed by atoms with Crippen molar-refractivity contribution >= 4 is 27.5 Å². The lowest BCUT2D eigenvalue weighted by Crippen LogP contribution is -1.96. The van der Waals surface area contributed by atoms with E-state index in [1.54, 1.807) is 13.2 Å². The van der Waals surface area contributed by atoms with Crippen molar-refractivity contribution in [1.29, 1.82) is 0 Å². The Morgan fingerprint density at radius 2 is 2.21 bits per heavy atom. The van der Waals surface area contributed by atoms with Gasteiger partial charge in [0.15, 0.2) is 0 Å². The van der Waals surface area contributed by atoms with Crippen molar-refractivity contribution in [3.8, 4) is 5.75 Å². The fourth-order valence-corrected chi connectivity index (χ4v) is 1.77. The third-order valence-corrected chi connectivity index (χ3v) is 2.90. The van der Waals surface area contributed by atoms with E-state index in [0.29, 0.717) is 12.2 Å². The zero-order valence-corrected chi connectivity index (χ0v) is 10.2. The van der Waals surface area contributed by atoms with Crippen molar-refractivity contribution < 1.29 is 9.13 Å². The number of hydrogen-bond donors (Lipinski definition) is 0. The van der Waals surface area contributed by atoms with E-state index in [1.165, 1.54) is 6.07 Å². The molecule has 4 heteroatoms. The van der Waals surface area contributed by atoms with Gasteiger partial charge in [0.25, 0.3) is 0 Å². The van der Waals surface area contributed by atoms with Gasteiger partial charge in [-0.2, -0.15) is 0 Å². The van der Waals surface area contributed by atoms with Gasteiger partial charge >= 0.3 is 0 Å². The lowest BCUT2D eigenvalue weighted by molar-refractivity contribution is 0.408. The van der Waals surface area contributed by atoms with E-state index in [2.05, 4.69) is 15.9 Å². The first-order valence-corrected chi connectivity index (χ1v) is 5.77. The van der Waals surface area contributed by atoms with Gasteiger partial charge in [0.05, 0.1) is 12.1 Å². The van der Waals surface area contributed by atoms with Crippen molar-refractivity contribution in [1.82, 2.24) is 0 Å². The maximum Gasteiger partial charge on any atom is 0.142 e. The molecular formula is C10H11BrClFO. The molecule has 78 valence electrons. The van der Waals surface area contributed by atoms with E-state index in [4.69, 9.17) is 16.3 Å². The predicted octanol–water partition coefficient (Wildman–Crippen LogP) is 3.82. The highest BCUT2D eigenvalue weighted by Crippen LogP contribution is 2.30. The Labute approximate surface area is 96.3 Å². The average molecular weight is 282 g/mol. The van der Waals surface area contributed by atoms with E-state index in [-0.39, 0.29) is 5.02 Å². The van der Waals surface area contributed by atoms with Gasteiger partial charge in [0.2, 0.25) is 0 Å². The third-order valence-electron chi connectivity index (χ3n) is 1.93. The molecule has 0 heterocycles. The lowest BCUT2D eigenvalue weighted by Gasteiger charge is -2.10. The van der Waals surface area contributed by atoms with Crippen LogP contribution in [0, 0.1) is 5.82 Å². The molecule has 0 atom stereocenters. The first-order valence-electron chi connectivity index (χ1n) is 4.27. The van der Waals surface area contributed by atoms with E-state index >= 15 is 0 Å². The van der Waals surface area contributed by atoms with Crippen molar-refractivity contribution in [2.75, 3.05) is 12.4 Å². The molecule has 0 spiro atoms. The van der Waals surface area contributed by atoms with Crippen LogP contribution in [0.1, 0.15) is 12.0 Å². The van der Waals surface area contributed by atoms with Gasteiger partial charge in [-0.1, -0.05) is 27.5 Å². The Morgan fingerprint density at radius 1 is 1.50 bits per heavy atom. The van der Waals surface area contributed by atoms with Crippen LogP contribution in [0.4, 0.5) is 4.39 Å². The lowest BCUT2D eigenvalue weighted by atomic mass is 10.1. The standard InChI is InChI=1S/C10H11BrClFO/c1-14-9-5-4-8(13)10(12)7(9)3-2-6-11/h4-5H,2-3,6H2,1H3. The fraction of sp³-hybridized carbons (Fsp3) is 0.400. The maximum absolute atomic E-state index is 13.1. The second kappa shape index (κ2) is 5.56. The summed E-state index contributed by atoms with van der Waals surface area (Å²) >= 11 is 9.16. The molecule has 0 radical (unpaired) electrons. The quantitative estimate of drug-likeness (QED) is 0.763. The van der Waals surface area contributed by atoms with Crippen LogP contribution in [0.5, 0.6) is 5.75 Å². The SMILES string of the molecule is COc1ccc(F)c(Cl)c1CCCBr. The molecule has 0 bridgehead atoms. The van der Waals surface area contributed by atoms with Crippen molar-refractivity contribution in [2.24, 2.45) is 0 Å². The molecule has 0 N–H and O–H groups in total. The Morgan fingerprint density at radius 3 is 2.79 bits per heavy atom.